The molecule has 1 aliphatic rings. The highest BCUT2D eigenvalue weighted by Gasteiger charge is 2.33. The maximum Gasteiger partial charge on any atom is 0.433 e. The van der Waals surface area contributed by atoms with Gasteiger partial charge < -0.3 is 20.5 Å². The quantitative estimate of drug-likeness (QED) is 0.536. The largest absolute Gasteiger partial charge is 0.446 e. The van der Waals surface area contributed by atoms with Crippen LogP contribution in [-0.4, -0.2) is 39.9 Å². The van der Waals surface area contributed by atoms with E-state index in [2.05, 4.69) is 15.6 Å². The number of pyridine rings is 1. The second-order valence-electron chi connectivity index (χ2n) is 10.4. The summed E-state index contributed by atoms with van der Waals surface area (Å²) < 4.78 is 44.1. The number of ether oxygens (including phenoxy) is 1. The number of carbonyl (C=O) groups excluding carboxylic acids is 1. The Kier molecular flexibility index (Phi) is 8.56. The second kappa shape index (κ2) is 10.4. The molecule has 0 aliphatic heterocycles. The minimum atomic E-state index is -4.54. The summed E-state index contributed by atoms with van der Waals surface area (Å²) in [5, 5.41) is 16.4. The first kappa shape index (κ1) is 26.4. The number of halogens is 3. The van der Waals surface area contributed by atoms with Crippen LogP contribution in [0.4, 0.5) is 18.0 Å². The highest BCUT2D eigenvalue weighted by molar-refractivity contribution is 5.68. The molecule has 0 spiro atoms. The van der Waals surface area contributed by atoms with Crippen molar-refractivity contribution in [1.82, 2.24) is 15.6 Å². The number of carbonyl (C=O) groups is 1. The van der Waals surface area contributed by atoms with Crippen LogP contribution < -0.4 is 10.6 Å². The molecular weight excluding hydrogens is 423 g/mol. The zero-order chi connectivity index (χ0) is 24.2. The summed E-state index contributed by atoms with van der Waals surface area (Å²) in [5.74, 6) is 0.437. The number of aromatic nitrogens is 1. The van der Waals surface area contributed by atoms with Gasteiger partial charge in [0.2, 0.25) is 0 Å². The Morgan fingerprint density at radius 3 is 2.34 bits per heavy atom. The van der Waals surface area contributed by atoms with Crippen molar-refractivity contribution in [3.8, 4) is 0 Å². The molecule has 0 radical (unpaired) electrons. The molecule has 1 aromatic heterocycles. The smallest absolute Gasteiger partial charge is 0.433 e. The molecule has 1 aliphatic carbocycles. The molecule has 3 N–H and O–H groups in total. The van der Waals surface area contributed by atoms with E-state index in [-0.39, 0.29) is 35.5 Å². The van der Waals surface area contributed by atoms with Gasteiger partial charge in [-0.2, -0.15) is 13.2 Å². The fourth-order valence-corrected chi connectivity index (χ4v) is 4.01. The molecule has 2 rings (SSSR count). The lowest BCUT2D eigenvalue weighted by Crippen LogP contribution is -2.44. The third-order valence-corrected chi connectivity index (χ3v) is 5.52. The molecule has 0 aromatic carbocycles. The minimum absolute atomic E-state index is 0.00526. The fraction of sp³-hybridized carbons (Fsp3) is 0.739. The summed E-state index contributed by atoms with van der Waals surface area (Å²) in [6.45, 7) is 9.84. The Bertz CT molecular complexity index is 755. The lowest BCUT2D eigenvalue weighted by molar-refractivity contribution is -0.141. The van der Waals surface area contributed by atoms with E-state index in [1.165, 1.54) is 12.1 Å². The van der Waals surface area contributed by atoms with E-state index < -0.39 is 18.0 Å². The Labute approximate surface area is 188 Å². The topological polar surface area (TPSA) is 83.5 Å². The van der Waals surface area contributed by atoms with Crippen LogP contribution >= 0.6 is 0 Å². The van der Waals surface area contributed by atoms with E-state index >= 15 is 0 Å². The second-order valence-corrected chi connectivity index (χ2v) is 10.4. The van der Waals surface area contributed by atoms with Crippen molar-refractivity contribution in [3.05, 3.63) is 29.6 Å². The number of rotatable bonds is 7. The average molecular weight is 460 g/mol. The molecule has 1 saturated carbocycles. The highest BCUT2D eigenvalue weighted by Crippen LogP contribution is 2.32. The number of aliphatic hydroxyl groups excluding tert-OH is 1. The summed E-state index contributed by atoms with van der Waals surface area (Å²) in [7, 11) is 0. The first-order chi connectivity index (χ1) is 14.6. The van der Waals surface area contributed by atoms with E-state index in [0.29, 0.717) is 5.92 Å². The molecular formula is C23H36F3N3O3. The van der Waals surface area contributed by atoms with Crippen LogP contribution in [0.15, 0.2) is 18.2 Å². The Balaban J connectivity index is 1.79. The molecule has 1 fully saturated rings. The zero-order valence-electron chi connectivity index (χ0n) is 19.6. The van der Waals surface area contributed by atoms with Crippen molar-refractivity contribution < 1.29 is 27.8 Å². The van der Waals surface area contributed by atoms with Crippen molar-refractivity contribution in [1.29, 1.82) is 0 Å². The van der Waals surface area contributed by atoms with Gasteiger partial charge in [-0.1, -0.05) is 6.07 Å². The molecule has 32 heavy (non-hydrogen) atoms. The zero-order valence-corrected chi connectivity index (χ0v) is 19.6. The lowest BCUT2D eigenvalue weighted by Gasteiger charge is -2.35. The number of alkyl halides is 3. The fourth-order valence-electron chi connectivity index (χ4n) is 4.01. The molecule has 6 nitrogen and oxygen atoms in total. The summed E-state index contributed by atoms with van der Waals surface area (Å²) in [5.41, 5.74) is -1.67. The number of nitrogens with zero attached hydrogens (tertiary/aromatic N) is 1. The Hall–Kier alpha value is -1.87. The monoisotopic (exact) mass is 459 g/mol. The Morgan fingerprint density at radius 2 is 1.78 bits per heavy atom. The highest BCUT2D eigenvalue weighted by atomic mass is 19.4. The number of nitrogens with one attached hydrogen (secondary N) is 2. The number of hydrogen-bond donors (Lipinski definition) is 3. The standard InChI is InChI=1S/C23H36F3N3O3/c1-21(2,3)29-20(31)32-16-11-9-15(10-12-16)13-22(4,5)27-14-18(30)17-7-6-8-19(28-17)23(24,25)26/h6-8,15-16,18,27,30H,9-14H2,1-5H3,(H,29,31)/t15?,16?,18-/m0/s1. The van der Waals surface area contributed by atoms with E-state index in [1.54, 1.807) is 0 Å². The van der Waals surface area contributed by atoms with E-state index in [4.69, 9.17) is 4.74 Å². The van der Waals surface area contributed by atoms with Gasteiger partial charge in [-0.3, -0.25) is 0 Å². The van der Waals surface area contributed by atoms with Gasteiger partial charge in [0, 0.05) is 17.6 Å². The van der Waals surface area contributed by atoms with Gasteiger partial charge in [0.25, 0.3) is 0 Å². The molecule has 1 aromatic rings. The van der Waals surface area contributed by atoms with Crippen LogP contribution in [0.2, 0.25) is 0 Å². The van der Waals surface area contributed by atoms with Gasteiger partial charge in [0.1, 0.15) is 17.9 Å². The predicted molar refractivity (Wildman–Crippen MR) is 116 cm³/mol. The SMILES string of the molecule is CC(C)(C)NC(=O)OC1CCC(CC(C)(C)NC[C@H](O)c2cccc(C(F)(F)F)n2)CC1. The average Bonchev–Trinajstić information content (AvgIpc) is 2.65. The first-order valence-electron chi connectivity index (χ1n) is 11.1. The summed E-state index contributed by atoms with van der Waals surface area (Å²) in [6, 6.07) is 3.54. The van der Waals surface area contributed by atoms with Crippen molar-refractivity contribution in [2.24, 2.45) is 5.92 Å². The number of amides is 1. The number of β-amino-alcohol motifs (C(OH)–C–C–N with tert-alkyl or cyclic N) is 1. The maximum absolute atomic E-state index is 12.8. The van der Waals surface area contributed by atoms with Crippen LogP contribution in [-0.2, 0) is 10.9 Å². The minimum Gasteiger partial charge on any atom is -0.446 e. The normalized spacial score (nSPS) is 21.2. The summed E-state index contributed by atoms with van der Waals surface area (Å²) in [4.78, 5) is 15.5. The summed E-state index contributed by atoms with van der Waals surface area (Å²) >= 11 is 0. The molecule has 0 saturated heterocycles. The van der Waals surface area contributed by atoms with Crippen LogP contribution in [0.5, 0.6) is 0 Å². The van der Waals surface area contributed by atoms with Crippen molar-refractivity contribution in [2.45, 2.75) is 96.2 Å². The van der Waals surface area contributed by atoms with Gasteiger partial charge in [-0.25, -0.2) is 9.78 Å². The molecule has 1 heterocycles. The summed E-state index contributed by atoms with van der Waals surface area (Å²) in [6.07, 6.45) is -1.85. The molecule has 0 bridgehead atoms. The van der Waals surface area contributed by atoms with Crippen LogP contribution in [0, 0.1) is 5.92 Å². The number of hydrogen-bond acceptors (Lipinski definition) is 5. The van der Waals surface area contributed by atoms with Crippen molar-refractivity contribution >= 4 is 6.09 Å². The maximum atomic E-state index is 12.8. The molecule has 1 atom stereocenters. The van der Waals surface area contributed by atoms with Crippen LogP contribution in [0.1, 0.15) is 84.2 Å². The molecule has 0 unspecified atom stereocenters. The number of alkyl carbamates (subject to hydrolysis) is 1. The Morgan fingerprint density at radius 1 is 1.16 bits per heavy atom. The van der Waals surface area contributed by atoms with Gasteiger partial charge in [-0.05, 0) is 84.8 Å². The molecule has 1 amide bonds. The molecule has 9 heteroatoms. The molecule has 182 valence electrons. The van der Waals surface area contributed by atoms with Crippen LogP contribution in [0.25, 0.3) is 0 Å². The third-order valence-electron chi connectivity index (χ3n) is 5.52. The van der Waals surface area contributed by atoms with E-state index in [1.807, 2.05) is 34.6 Å². The van der Waals surface area contributed by atoms with Gasteiger partial charge in [-0.15, -0.1) is 0 Å². The van der Waals surface area contributed by atoms with Gasteiger partial charge in [0.15, 0.2) is 0 Å². The van der Waals surface area contributed by atoms with E-state index in [9.17, 15) is 23.1 Å². The third kappa shape index (κ3) is 8.94. The van der Waals surface area contributed by atoms with Crippen molar-refractivity contribution in [2.75, 3.05) is 6.54 Å². The van der Waals surface area contributed by atoms with Crippen LogP contribution in [0.3, 0.4) is 0 Å². The first-order valence-corrected chi connectivity index (χ1v) is 11.1. The lowest BCUT2D eigenvalue weighted by atomic mass is 9.79. The van der Waals surface area contributed by atoms with Gasteiger partial charge in [0.05, 0.1) is 5.69 Å². The van der Waals surface area contributed by atoms with Crippen molar-refractivity contribution in [3.63, 3.8) is 0 Å². The predicted octanol–water partition coefficient (Wildman–Crippen LogP) is 4.98. The van der Waals surface area contributed by atoms with E-state index in [0.717, 1.165) is 38.2 Å². The number of aliphatic hydroxyl groups is 1. The van der Waals surface area contributed by atoms with Gasteiger partial charge >= 0.3 is 12.3 Å².